The summed E-state index contributed by atoms with van der Waals surface area (Å²) >= 11 is 0. The van der Waals surface area contributed by atoms with Gasteiger partial charge in [-0.25, -0.2) is 0 Å². The van der Waals surface area contributed by atoms with Crippen molar-refractivity contribution in [1.82, 2.24) is 5.32 Å². The fraction of sp³-hybridized carbons (Fsp3) is 0.379. The summed E-state index contributed by atoms with van der Waals surface area (Å²) in [7, 11) is 1.69. The third-order valence-corrected chi connectivity index (χ3v) is 6.58. The largest absolute Gasteiger partial charge is 0.506 e. The zero-order valence-corrected chi connectivity index (χ0v) is 21.1. The number of ether oxygens (including phenoxy) is 3. The maximum absolute atomic E-state index is 10.2. The first-order valence-corrected chi connectivity index (χ1v) is 12.5. The molecule has 2 atom stereocenters. The summed E-state index contributed by atoms with van der Waals surface area (Å²) in [4.78, 5) is 0. The van der Waals surface area contributed by atoms with E-state index in [-0.39, 0.29) is 11.9 Å². The Morgan fingerprint density at radius 2 is 1.86 bits per heavy atom. The monoisotopic (exact) mass is 491 g/mol. The van der Waals surface area contributed by atoms with Crippen LogP contribution in [0.1, 0.15) is 35.4 Å². The molecule has 0 bridgehead atoms. The van der Waals surface area contributed by atoms with Gasteiger partial charge in [0.05, 0.1) is 18.4 Å². The first kappa shape index (κ1) is 25.8. The number of hydrogen-bond donors (Lipinski definition) is 4. The second kappa shape index (κ2) is 12.6. The molecule has 36 heavy (non-hydrogen) atoms. The number of phenols is 1. The number of aryl methyl sites for hydroxylation is 1. The SMILES string of the molecule is COCCCNc1cc(CO[C@H]2CNCC[C@@H]2c2ccc(Oc3ccc(N)c(C)c3)cc2)ccc1O. The third-order valence-electron chi connectivity index (χ3n) is 6.58. The molecule has 1 aliphatic heterocycles. The minimum Gasteiger partial charge on any atom is -0.506 e. The van der Waals surface area contributed by atoms with Crippen LogP contribution in [-0.4, -0.2) is 44.6 Å². The summed E-state index contributed by atoms with van der Waals surface area (Å²) in [6, 6.07) is 19.6. The zero-order chi connectivity index (χ0) is 25.3. The van der Waals surface area contributed by atoms with Crippen molar-refractivity contribution in [3.8, 4) is 17.2 Å². The van der Waals surface area contributed by atoms with Crippen LogP contribution < -0.4 is 21.1 Å². The van der Waals surface area contributed by atoms with Gasteiger partial charge in [-0.1, -0.05) is 18.2 Å². The Kier molecular flexibility index (Phi) is 9.06. The van der Waals surface area contributed by atoms with Crippen molar-refractivity contribution in [3.63, 3.8) is 0 Å². The van der Waals surface area contributed by atoms with Crippen LogP contribution in [0, 0.1) is 6.92 Å². The molecule has 0 aliphatic carbocycles. The molecular formula is C29H37N3O4. The molecule has 4 rings (SSSR count). The Hall–Kier alpha value is -3.26. The first-order valence-electron chi connectivity index (χ1n) is 12.5. The molecule has 5 N–H and O–H groups in total. The van der Waals surface area contributed by atoms with Crippen LogP contribution in [-0.2, 0) is 16.1 Å². The number of nitrogens with two attached hydrogens (primary N) is 1. The van der Waals surface area contributed by atoms with E-state index in [1.54, 1.807) is 13.2 Å². The average molecular weight is 492 g/mol. The van der Waals surface area contributed by atoms with Crippen LogP contribution >= 0.6 is 0 Å². The van der Waals surface area contributed by atoms with E-state index in [9.17, 15) is 5.11 Å². The molecule has 0 spiro atoms. The quantitative estimate of drug-likeness (QED) is 0.167. The third kappa shape index (κ3) is 6.91. The molecule has 7 heteroatoms. The normalized spacial score (nSPS) is 17.6. The lowest BCUT2D eigenvalue weighted by Gasteiger charge is -2.32. The van der Waals surface area contributed by atoms with Gasteiger partial charge in [-0.05, 0) is 85.5 Å². The van der Waals surface area contributed by atoms with Crippen LogP contribution in [0.25, 0.3) is 0 Å². The summed E-state index contributed by atoms with van der Waals surface area (Å²) < 4.78 is 17.5. The molecule has 1 fully saturated rings. The van der Waals surface area contributed by atoms with Crippen molar-refractivity contribution in [1.29, 1.82) is 0 Å². The van der Waals surface area contributed by atoms with Crippen LogP contribution in [0.4, 0.5) is 11.4 Å². The highest BCUT2D eigenvalue weighted by Crippen LogP contribution is 2.32. The highest BCUT2D eigenvalue weighted by atomic mass is 16.5. The van der Waals surface area contributed by atoms with Crippen molar-refractivity contribution in [3.05, 3.63) is 77.4 Å². The van der Waals surface area contributed by atoms with Crippen LogP contribution in [0.5, 0.6) is 17.2 Å². The average Bonchev–Trinajstić information content (AvgIpc) is 2.89. The van der Waals surface area contributed by atoms with Crippen LogP contribution in [0.2, 0.25) is 0 Å². The first-order chi connectivity index (χ1) is 17.5. The molecule has 1 aliphatic rings. The van der Waals surface area contributed by atoms with Gasteiger partial charge in [0.25, 0.3) is 0 Å². The lowest BCUT2D eigenvalue weighted by Crippen LogP contribution is -2.40. The fourth-order valence-electron chi connectivity index (χ4n) is 4.47. The van der Waals surface area contributed by atoms with E-state index in [1.165, 1.54) is 5.56 Å². The lowest BCUT2D eigenvalue weighted by molar-refractivity contribution is 0.0106. The second-order valence-corrected chi connectivity index (χ2v) is 9.26. The van der Waals surface area contributed by atoms with Gasteiger partial charge in [0.15, 0.2) is 0 Å². The molecular weight excluding hydrogens is 454 g/mol. The summed E-state index contributed by atoms with van der Waals surface area (Å²) in [5.41, 5.74) is 10.7. The summed E-state index contributed by atoms with van der Waals surface area (Å²) in [5, 5.41) is 16.9. The summed E-state index contributed by atoms with van der Waals surface area (Å²) in [6.45, 7) is 5.63. The van der Waals surface area contributed by atoms with Crippen LogP contribution in [0.3, 0.4) is 0 Å². The Morgan fingerprint density at radius 1 is 1.06 bits per heavy atom. The van der Waals surface area contributed by atoms with E-state index in [2.05, 4.69) is 22.8 Å². The summed E-state index contributed by atoms with van der Waals surface area (Å²) in [5.74, 6) is 2.11. The fourth-order valence-corrected chi connectivity index (χ4v) is 4.47. The molecule has 1 heterocycles. The predicted octanol–water partition coefficient (Wildman–Crippen LogP) is 5.19. The van der Waals surface area contributed by atoms with Crippen molar-refractivity contribution in [2.75, 3.05) is 44.4 Å². The van der Waals surface area contributed by atoms with E-state index >= 15 is 0 Å². The topological polar surface area (TPSA) is 98.0 Å². The van der Waals surface area contributed by atoms with Gasteiger partial charge in [-0.3, -0.25) is 0 Å². The van der Waals surface area contributed by atoms with E-state index in [0.29, 0.717) is 19.1 Å². The molecule has 3 aromatic carbocycles. The maximum atomic E-state index is 10.2. The number of aromatic hydroxyl groups is 1. The second-order valence-electron chi connectivity index (χ2n) is 9.26. The van der Waals surface area contributed by atoms with E-state index in [1.807, 2.05) is 49.4 Å². The Bertz CT molecular complexity index is 1120. The Morgan fingerprint density at radius 3 is 2.64 bits per heavy atom. The zero-order valence-electron chi connectivity index (χ0n) is 21.1. The highest BCUT2D eigenvalue weighted by molar-refractivity contribution is 5.57. The van der Waals surface area contributed by atoms with Gasteiger partial charge in [0.1, 0.15) is 17.2 Å². The molecule has 192 valence electrons. The molecule has 3 aromatic rings. The van der Waals surface area contributed by atoms with Gasteiger partial charge in [-0.15, -0.1) is 0 Å². The van der Waals surface area contributed by atoms with Gasteiger partial charge in [-0.2, -0.15) is 0 Å². The highest BCUT2D eigenvalue weighted by Gasteiger charge is 2.27. The number of anilines is 2. The van der Waals surface area contributed by atoms with E-state index in [0.717, 1.165) is 66.5 Å². The Labute approximate surface area is 213 Å². The number of nitrogen functional groups attached to an aromatic ring is 1. The minimum absolute atomic E-state index is 0.0529. The summed E-state index contributed by atoms with van der Waals surface area (Å²) in [6.07, 6.45) is 1.93. The molecule has 0 amide bonds. The maximum Gasteiger partial charge on any atom is 0.138 e. The van der Waals surface area contributed by atoms with Gasteiger partial charge < -0.3 is 35.7 Å². The predicted molar refractivity (Wildman–Crippen MR) is 144 cm³/mol. The number of rotatable bonds is 11. The smallest absolute Gasteiger partial charge is 0.138 e. The minimum atomic E-state index is 0.0529. The number of piperidine rings is 1. The van der Waals surface area contributed by atoms with Crippen molar-refractivity contribution in [2.45, 2.75) is 38.4 Å². The number of benzene rings is 3. The Balaban J connectivity index is 1.37. The van der Waals surface area contributed by atoms with Gasteiger partial charge >= 0.3 is 0 Å². The van der Waals surface area contributed by atoms with Gasteiger partial charge in [0.2, 0.25) is 0 Å². The standard InChI is InChI=1S/C29H37N3O4/c1-20-16-24(9-10-26(20)30)36-23-7-5-22(6-8-23)25-12-14-31-18-29(25)35-19-21-4-11-28(33)27(17-21)32-13-3-15-34-2/h4-11,16-17,25,29,31-33H,3,12-15,18-19,30H2,1-2H3/t25-,29+/m1/s1. The molecule has 0 unspecified atom stereocenters. The van der Waals surface area contributed by atoms with Gasteiger partial charge in [0, 0.05) is 38.4 Å². The number of methoxy groups -OCH3 is 1. The molecule has 0 radical (unpaired) electrons. The lowest BCUT2D eigenvalue weighted by atomic mass is 9.87. The molecule has 1 saturated heterocycles. The molecule has 0 aromatic heterocycles. The number of nitrogens with one attached hydrogen (secondary N) is 2. The number of hydrogen-bond acceptors (Lipinski definition) is 7. The van der Waals surface area contributed by atoms with Crippen molar-refractivity contribution >= 4 is 11.4 Å². The van der Waals surface area contributed by atoms with Crippen molar-refractivity contribution < 1.29 is 19.3 Å². The number of phenolic OH excluding ortho intramolecular Hbond substituents is 1. The van der Waals surface area contributed by atoms with Crippen LogP contribution in [0.15, 0.2) is 60.7 Å². The van der Waals surface area contributed by atoms with E-state index in [4.69, 9.17) is 19.9 Å². The molecule has 0 saturated carbocycles. The van der Waals surface area contributed by atoms with Crippen molar-refractivity contribution in [2.24, 2.45) is 0 Å². The van der Waals surface area contributed by atoms with E-state index < -0.39 is 0 Å². The molecule has 7 nitrogen and oxygen atoms in total.